The van der Waals surface area contributed by atoms with E-state index in [4.69, 9.17) is 30.6 Å². The van der Waals surface area contributed by atoms with Crippen molar-refractivity contribution in [2.24, 2.45) is 0 Å². The summed E-state index contributed by atoms with van der Waals surface area (Å²) in [5.41, 5.74) is -2.74. The molecular weight excluding hydrogens is 312 g/mol. The molecule has 0 unspecified atom stereocenters. The van der Waals surface area contributed by atoms with Crippen molar-refractivity contribution in [1.29, 1.82) is 0 Å². The van der Waals surface area contributed by atoms with Gasteiger partial charge in [0.15, 0.2) is 11.9 Å². The van der Waals surface area contributed by atoms with Crippen LogP contribution >= 0.6 is 0 Å². The first kappa shape index (κ1) is 23.6. The smallest absolute Gasteiger partial charge is 0.336 e. The molecule has 0 bridgehead atoms. The molecule has 23 heavy (non-hydrogen) atoms. The van der Waals surface area contributed by atoms with Crippen molar-refractivity contribution in [3.63, 3.8) is 0 Å². The fraction of sp³-hybridized carbons (Fsp3) is 0.786. The van der Waals surface area contributed by atoms with Crippen LogP contribution < -0.4 is 0 Å². The Bertz CT molecular complexity index is 349. The highest BCUT2D eigenvalue weighted by Crippen LogP contribution is 2.15. The summed E-state index contributed by atoms with van der Waals surface area (Å²) in [6.45, 7) is 2.17. The van der Waals surface area contributed by atoms with Crippen molar-refractivity contribution in [2.75, 3.05) is 0 Å². The van der Waals surface area contributed by atoms with E-state index in [1.54, 1.807) is 0 Å². The van der Waals surface area contributed by atoms with Crippen LogP contribution in [0.5, 0.6) is 0 Å². The largest absolute Gasteiger partial charge is 0.481 e. The summed E-state index contributed by atoms with van der Waals surface area (Å²) >= 11 is 0. The van der Waals surface area contributed by atoms with Crippen molar-refractivity contribution >= 4 is 17.9 Å². The van der Waals surface area contributed by atoms with E-state index in [9.17, 15) is 14.4 Å². The minimum absolute atomic E-state index is 0.531. The fourth-order valence-electron chi connectivity index (χ4n) is 1.64. The summed E-state index contributed by atoms with van der Waals surface area (Å²) < 4.78 is 0. The van der Waals surface area contributed by atoms with Crippen molar-refractivity contribution < 1.29 is 45.0 Å². The SMILES string of the molecule is CCCCCCCC(O)O.O=C(O)CC(O)(CC(=O)O)C(=O)O. The zero-order valence-electron chi connectivity index (χ0n) is 13.1. The molecule has 0 aliphatic rings. The lowest BCUT2D eigenvalue weighted by atomic mass is 9.96. The lowest BCUT2D eigenvalue weighted by Gasteiger charge is -2.18. The average molecular weight is 338 g/mol. The second kappa shape index (κ2) is 12.8. The first-order valence-corrected chi connectivity index (χ1v) is 7.30. The summed E-state index contributed by atoms with van der Waals surface area (Å²) in [5.74, 6) is -5.02. The van der Waals surface area contributed by atoms with Gasteiger partial charge in [0.05, 0.1) is 12.8 Å². The molecule has 0 fully saturated rings. The van der Waals surface area contributed by atoms with Crippen LogP contribution in [-0.4, -0.2) is 60.4 Å². The van der Waals surface area contributed by atoms with Gasteiger partial charge in [0.25, 0.3) is 0 Å². The summed E-state index contributed by atoms with van der Waals surface area (Å²) in [6, 6.07) is 0. The summed E-state index contributed by atoms with van der Waals surface area (Å²) in [6.07, 6.45) is 2.95. The molecule has 0 saturated carbocycles. The molecule has 0 saturated heterocycles. The van der Waals surface area contributed by atoms with Gasteiger partial charge in [-0.3, -0.25) is 9.59 Å². The molecule has 0 aromatic rings. The Morgan fingerprint density at radius 2 is 1.30 bits per heavy atom. The minimum Gasteiger partial charge on any atom is -0.481 e. The highest BCUT2D eigenvalue weighted by Gasteiger charge is 2.40. The van der Waals surface area contributed by atoms with Gasteiger partial charge < -0.3 is 30.6 Å². The third kappa shape index (κ3) is 15.0. The van der Waals surface area contributed by atoms with Crippen molar-refractivity contribution in [1.82, 2.24) is 0 Å². The molecule has 6 N–H and O–H groups in total. The van der Waals surface area contributed by atoms with Crippen LogP contribution in [0, 0.1) is 0 Å². The lowest BCUT2D eigenvalue weighted by Crippen LogP contribution is -2.42. The highest BCUT2D eigenvalue weighted by atomic mass is 16.5. The Kier molecular flexibility index (Phi) is 13.1. The quantitative estimate of drug-likeness (QED) is 0.230. The van der Waals surface area contributed by atoms with Gasteiger partial charge >= 0.3 is 17.9 Å². The predicted molar refractivity (Wildman–Crippen MR) is 78.7 cm³/mol. The van der Waals surface area contributed by atoms with Crippen LogP contribution in [0.15, 0.2) is 0 Å². The number of aliphatic hydroxyl groups is 3. The first-order chi connectivity index (χ1) is 10.5. The Morgan fingerprint density at radius 3 is 1.61 bits per heavy atom. The zero-order chi connectivity index (χ0) is 18.5. The zero-order valence-corrected chi connectivity index (χ0v) is 13.1. The summed E-state index contributed by atoms with van der Waals surface area (Å²) in [4.78, 5) is 30.5. The molecule has 9 nitrogen and oxygen atoms in total. The van der Waals surface area contributed by atoms with E-state index in [-0.39, 0.29) is 0 Å². The Morgan fingerprint density at radius 1 is 0.870 bits per heavy atom. The molecule has 0 aliphatic carbocycles. The number of carboxylic acid groups (broad SMARTS) is 3. The minimum atomic E-state index is -2.74. The fourth-order valence-corrected chi connectivity index (χ4v) is 1.64. The van der Waals surface area contributed by atoms with E-state index in [0.29, 0.717) is 6.42 Å². The summed E-state index contributed by atoms with van der Waals surface area (Å²) in [7, 11) is 0. The average Bonchev–Trinajstić information content (AvgIpc) is 2.36. The maximum absolute atomic E-state index is 10.3. The van der Waals surface area contributed by atoms with Gasteiger partial charge in [-0.2, -0.15) is 0 Å². The molecule has 0 radical (unpaired) electrons. The van der Waals surface area contributed by atoms with Crippen LogP contribution in [0.3, 0.4) is 0 Å². The monoisotopic (exact) mass is 338 g/mol. The Balaban J connectivity index is 0. The number of aliphatic carboxylic acids is 3. The number of unbranched alkanes of at least 4 members (excludes halogenated alkanes) is 4. The molecule has 0 aromatic heterocycles. The van der Waals surface area contributed by atoms with Crippen LogP contribution in [0.25, 0.3) is 0 Å². The van der Waals surface area contributed by atoms with Crippen LogP contribution in [0.4, 0.5) is 0 Å². The topological polar surface area (TPSA) is 173 Å². The first-order valence-electron chi connectivity index (χ1n) is 7.30. The molecule has 0 atom stereocenters. The van der Waals surface area contributed by atoms with Crippen LogP contribution in [0.2, 0.25) is 0 Å². The highest BCUT2D eigenvalue weighted by molar-refractivity contribution is 5.88. The van der Waals surface area contributed by atoms with Crippen molar-refractivity contribution in [3.05, 3.63) is 0 Å². The summed E-state index contributed by atoms with van der Waals surface area (Å²) in [5, 5.41) is 50.7. The molecule has 9 heteroatoms. The Hall–Kier alpha value is -1.71. The van der Waals surface area contributed by atoms with E-state index >= 15 is 0 Å². The Labute approximate surface area is 134 Å². The van der Waals surface area contributed by atoms with Gasteiger partial charge in [-0.05, 0) is 12.8 Å². The molecule has 0 spiro atoms. The van der Waals surface area contributed by atoms with Gasteiger partial charge in [0.1, 0.15) is 0 Å². The molecule has 0 heterocycles. The van der Waals surface area contributed by atoms with Gasteiger partial charge in [-0.15, -0.1) is 0 Å². The molecule has 0 amide bonds. The molecule has 0 aliphatic heterocycles. The van der Waals surface area contributed by atoms with Crippen molar-refractivity contribution in [2.45, 2.75) is 70.2 Å². The standard InChI is InChI=1S/C8H18O2.C6H8O7/c1-2-3-4-5-6-7-8(9)10;7-3(8)1-6(13,5(11)12)2-4(9)10/h8-10H,2-7H2,1H3;13H,1-2H2,(H,7,8)(H,9,10)(H,11,12). The van der Waals surface area contributed by atoms with E-state index in [2.05, 4.69) is 6.92 Å². The van der Waals surface area contributed by atoms with Gasteiger partial charge in [0, 0.05) is 0 Å². The normalized spacial score (nSPS) is 10.8. The number of rotatable bonds is 11. The second-order valence-electron chi connectivity index (χ2n) is 5.16. The molecule has 136 valence electrons. The molecule has 0 rings (SSSR count). The third-order valence-corrected chi connectivity index (χ3v) is 2.85. The van der Waals surface area contributed by atoms with Crippen molar-refractivity contribution in [3.8, 4) is 0 Å². The number of hydrogen-bond acceptors (Lipinski definition) is 6. The predicted octanol–water partition coefficient (Wildman–Crippen LogP) is 0.409. The van der Waals surface area contributed by atoms with E-state index < -0.39 is 42.6 Å². The third-order valence-electron chi connectivity index (χ3n) is 2.85. The van der Waals surface area contributed by atoms with E-state index in [1.165, 1.54) is 19.3 Å². The second-order valence-corrected chi connectivity index (χ2v) is 5.16. The van der Waals surface area contributed by atoms with E-state index in [1.807, 2.05) is 0 Å². The van der Waals surface area contributed by atoms with Crippen LogP contribution in [0.1, 0.15) is 58.3 Å². The number of carbonyl (C=O) groups is 3. The number of aliphatic hydroxyl groups excluding tert-OH is 1. The van der Waals surface area contributed by atoms with Gasteiger partial charge in [-0.1, -0.05) is 32.6 Å². The van der Waals surface area contributed by atoms with E-state index in [0.717, 1.165) is 12.8 Å². The number of carboxylic acids is 3. The maximum atomic E-state index is 10.3. The van der Waals surface area contributed by atoms with Gasteiger partial charge in [0.2, 0.25) is 0 Å². The number of hydrogen-bond donors (Lipinski definition) is 6. The van der Waals surface area contributed by atoms with Gasteiger partial charge in [-0.25, -0.2) is 4.79 Å². The maximum Gasteiger partial charge on any atom is 0.336 e. The van der Waals surface area contributed by atoms with Crippen LogP contribution in [-0.2, 0) is 14.4 Å². The molecular formula is C14H26O9. The lowest BCUT2D eigenvalue weighted by molar-refractivity contribution is -0.170. The molecule has 0 aromatic carbocycles.